The monoisotopic (exact) mass is 118 g/mol. The summed E-state index contributed by atoms with van der Waals surface area (Å²) in [6.45, 7) is 3.77. The third kappa shape index (κ3) is 3.78. The molecule has 0 aliphatic carbocycles. The highest BCUT2D eigenvalue weighted by atomic mass is 19.1. The van der Waals surface area contributed by atoms with Crippen molar-refractivity contribution in [2.24, 2.45) is 5.92 Å². The van der Waals surface area contributed by atoms with Gasteiger partial charge in [-0.1, -0.05) is 13.8 Å². The van der Waals surface area contributed by atoms with E-state index in [4.69, 9.17) is 0 Å². The number of carbonyl (C=O) groups is 1. The summed E-state index contributed by atoms with van der Waals surface area (Å²) in [7, 11) is 0. The second kappa shape index (κ2) is 3.58. The second-order valence-electron chi connectivity index (χ2n) is 2.28. The maximum absolute atomic E-state index is 12.0. The Morgan fingerprint density at radius 2 is 2.12 bits per heavy atom. The van der Waals surface area contributed by atoms with E-state index in [1.54, 1.807) is 0 Å². The molecule has 0 heterocycles. The number of hydrogen-bond donors (Lipinski definition) is 0. The van der Waals surface area contributed by atoms with Crippen molar-refractivity contribution in [1.82, 2.24) is 0 Å². The summed E-state index contributed by atoms with van der Waals surface area (Å²) in [6, 6.07) is 0. The molecule has 0 aromatic rings. The standard InChI is InChI=1S/C6H11FO/c1-5(2)3-6(7)4-8/h4-6H,3H2,1-2H3. The number of hydrogen-bond acceptors (Lipinski definition) is 1. The Morgan fingerprint density at radius 1 is 1.62 bits per heavy atom. The molecule has 0 saturated heterocycles. The van der Waals surface area contributed by atoms with Crippen LogP contribution in [-0.2, 0) is 4.79 Å². The number of alkyl halides is 1. The third-order valence-electron chi connectivity index (χ3n) is 0.844. The van der Waals surface area contributed by atoms with Crippen LogP contribution in [0.4, 0.5) is 4.39 Å². The molecule has 0 amide bonds. The smallest absolute Gasteiger partial charge is 0.155 e. The van der Waals surface area contributed by atoms with Crippen LogP contribution >= 0.6 is 0 Å². The van der Waals surface area contributed by atoms with E-state index in [1.807, 2.05) is 13.8 Å². The average Bonchev–Trinajstić information content (AvgIpc) is 1.65. The molecule has 0 aromatic carbocycles. The quantitative estimate of drug-likeness (QED) is 0.514. The molecule has 48 valence electrons. The highest BCUT2D eigenvalue weighted by Gasteiger charge is 2.05. The fourth-order valence-corrected chi connectivity index (χ4v) is 0.506. The van der Waals surface area contributed by atoms with Crippen LogP contribution < -0.4 is 0 Å². The minimum atomic E-state index is -1.25. The van der Waals surface area contributed by atoms with Crippen molar-refractivity contribution in [2.75, 3.05) is 0 Å². The Kier molecular flexibility index (Phi) is 3.40. The van der Waals surface area contributed by atoms with Gasteiger partial charge in [-0.2, -0.15) is 0 Å². The van der Waals surface area contributed by atoms with Gasteiger partial charge in [0.2, 0.25) is 0 Å². The maximum Gasteiger partial charge on any atom is 0.155 e. The molecular weight excluding hydrogens is 107 g/mol. The summed E-state index contributed by atoms with van der Waals surface area (Å²) >= 11 is 0. The van der Waals surface area contributed by atoms with Crippen molar-refractivity contribution in [2.45, 2.75) is 26.4 Å². The van der Waals surface area contributed by atoms with Gasteiger partial charge in [0.1, 0.15) is 0 Å². The molecule has 1 unspecified atom stereocenters. The average molecular weight is 118 g/mol. The molecule has 0 aliphatic heterocycles. The molecule has 8 heavy (non-hydrogen) atoms. The van der Waals surface area contributed by atoms with Crippen LogP contribution in [0.3, 0.4) is 0 Å². The van der Waals surface area contributed by atoms with Gasteiger partial charge in [-0.25, -0.2) is 4.39 Å². The Balaban J connectivity index is 3.23. The Hall–Kier alpha value is -0.400. The molecule has 0 fully saturated rings. The molecule has 0 radical (unpaired) electrons. The topological polar surface area (TPSA) is 17.1 Å². The molecule has 0 aromatic heterocycles. The van der Waals surface area contributed by atoms with E-state index < -0.39 is 6.17 Å². The van der Waals surface area contributed by atoms with E-state index >= 15 is 0 Å². The normalized spacial score (nSPS) is 14.0. The van der Waals surface area contributed by atoms with E-state index in [2.05, 4.69) is 0 Å². The van der Waals surface area contributed by atoms with Crippen molar-refractivity contribution in [1.29, 1.82) is 0 Å². The van der Waals surface area contributed by atoms with Crippen LogP contribution in [0.5, 0.6) is 0 Å². The van der Waals surface area contributed by atoms with E-state index in [0.29, 0.717) is 12.7 Å². The molecule has 0 saturated carbocycles. The first-order chi connectivity index (χ1) is 3.66. The second-order valence-corrected chi connectivity index (χ2v) is 2.28. The predicted octanol–water partition coefficient (Wildman–Crippen LogP) is 1.57. The summed E-state index contributed by atoms with van der Waals surface area (Å²) in [6.07, 6.45) is -0.557. The van der Waals surface area contributed by atoms with Gasteiger partial charge in [0.15, 0.2) is 12.5 Å². The molecule has 0 rings (SSSR count). The Labute approximate surface area is 48.9 Å². The fourth-order valence-electron chi connectivity index (χ4n) is 0.506. The summed E-state index contributed by atoms with van der Waals surface area (Å²) in [4.78, 5) is 9.67. The highest BCUT2D eigenvalue weighted by molar-refractivity contribution is 5.55. The molecule has 0 aliphatic rings. The number of halogens is 1. The molecular formula is C6H11FO. The van der Waals surface area contributed by atoms with E-state index in [1.165, 1.54) is 0 Å². The van der Waals surface area contributed by atoms with Crippen LogP contribution in [0.1, 0.15) is 20.3 Å². The first kappa shape index (κ1) is 7.60. The number of rotatable bonds is 3. The summed E-state index contributed by atoms with van der Waals surface area (Å²) < 4.78 is 12.0. The zero-order chi connectivity index (χ0) is 6.57. The van der Waals surface area contributed by atoms with Gasteiger partial charge >= 0.3 is 0 Å². The zero-order valence-corrected chi connectivity index (χ0v) is 5.23. The molecule has 1 nitrogen and oxygen atoms in total. The number of aldehydes is 1. The summed E-state index contributed by atoms with van der Waals surface area (Å²) in [5.74, 6) is 0.273. The van der Waals surface area contributed by atoms with Crippen molar-refractivity contribution in [3.8, 4) is 0 Å². The summed E-state index contributed by atoms with van der Waals surface area (Å²) in [5.41, 5.74) is 0. The molecule has 0 N–H and O–H groups in total. The minimum absolute atomic E-state index is 0.273. The van der Waals surface area contributed by atoms with Gasteiger partial charge < -0.3 is 4.79 Å². The molecule has 1 atom stereocenters. The lowest BCUT2D eigenvalue weighted by molar-refractivity contribution is -0.112. The van der Waals surface area contributed by atoms with Crippen LogP contribution in [-0.4, -0.2) is 12.5 Å². The fraction of sp³-hybridized carbons (Fsp3) is 0.833. The van der Waals surface area contributed by atoms with Crippen molar-refractivity contribution in [3.63, 3.8) is 0 Å². The predicted molar refractivity (Wildman–Crippen MR) is 30.4 cm³/mol. The highest BCUT2D eigenvalue weighted by Crippen LogP contribution is 2.04. The van der Waals surface area contributed by atoms with E-state index in [-0.39, 0.29) is 5.92 Å². The number of carbonyl (C=O) groups excluding carboxylic acids is 1. The van der Waals surface area contributed by atoms with Gasteiger partial charge in [0.05, 0.1) is 0 Å². The van der Waals surface area contributed by atoms with Gasteiger partial charge in [-0.05, 0) is 12.3 Å². The largest absolute Gasteiger partial charge is 0.300 e. The molecule has 2 heteroatoms. The zero-order valence-electron chi connectivity index (χ0n) is 5.23. The van der Waals surface area contributed by atoms with E-state index in [0.717, 1.165) is 0 Å². The maximum atomic E-state index is 12.0. The lowest BCUT2D eigenvalue weighted by Crippen LogP contribution is -2.04. The first-order valence-corrected chi connectivity index (χ1v) is 2.76. The minimum Gasteiger partial charge on any atom is -0.300 e. The van der Waals surface area contributed by atoms with Gasteiger partial charge in [-0.3, -0.25) is 0 Å². The van der Waals surface area contributed by atoms with Crippen LogP contribution in [0.2, 0.25) is 0 Å². The van der Waals surface area contributed by atoms with Crippen molar-refractivity contribution in [3.05, 3.63) is 0 Å². The lowest BCUT2D eigenvalue weighted by Gasteiger charge is -2.01. The Bertz CT molecular complexity index is 70.9. The van der Waals surface area contributed by atoms with Crippen molar-refractivity contribution >= 4 is 6.29 Å². The van der Waals surface area contributed by atoms with Crippen molar-refractivity contribution < 1.29 is 9.18 Å². The van der Waals surface area contributed by atoms with Crippen LogP contribution in [0, 0.1) is 5.92 Å². The Morgan fingerprint density at radius 3 is 2.25 bits per heavy atom. The molecule has 0 bridgehead atoms. The van der Waals surface area contributed by atoms with Gasteiger partial charge in [-0.15, -0.1) is 0 Å². The first-order valence-electron chi connectivity index (χ1n) is 2.76. The van der Waals surface area contributed by atoms with Crippen LogP contribution in [0.25, 0.3) is 0 Å². The molecule has 0 spiro atoms. The summed E-state index contributed by atoms with van der Waals surface area (Å²) in [5, 5.41) is 0. The van der Waals surface area contributed by atoms with Crippen LogP contribution in [0.15, 0.2) is 0 Å². The van der Waals surface area contributed by atoms with E-state index in [9.17, 15) is 9.18 Å². The SMILES string of the molecule is CC(C)CC(F)C=O. The van der Waals surface area contributed by atoms with Gasteiger partial charge in [0.25, 0.3) is 0 Å². The van der Waals surface area contributed by atoms with Gasteiger partial charge in [0, 0.05) is 0 Å². The lowest BCUT2D eigenvalue weighted by atomic mass is 10.1. The third-order valence-corrected chi connectivity index (χ3v) is 0.844.